The molecule has 0 aliphatic carbocycles. The summed E-state index contributed by atoms with van der Waals surface area (Å²) in [6.07, 6.45) is 2.18. The van der Waals surface area contributed by atoms with Crippen LogP contribution < -0.4 is 4.90 Å². The van der Waals surface area contributed by atoms with Gasteiger partial charge in [0.1, 0.15) is 0 Å². The first kappa shape index (κ1) is 12.0. The van der Waals surface area contributed by atoms with E-state index in [1.807, 2.05) is 12.1 Å². The highest BCUT2D eigenvalue weighted by atomic mass is 19.1. The molecule has 1 aliphatic rings. The van der Waals surface area contributed by atoms with Crippen LogP contribution in [0.25, 0.3) is 0 Å². The molecule has 0 amide bonds. The Bertz CT molecular complexity index is 597. The Morgan fingerprint density at radius 1 is 1.11 bits per heavy atom. The van der Waals surface area contributed by atoms with Crippen LogP contribution in [-0.4, -0.2) is 11.7 Å². The fourth-order valence-corrected chi connectivity index (χ4v) is 2.67. The Kier molecular flexibility index (Phi) is 3.11. The van der Waals surface area contributed by atoms with E-state index in [1.165, 1.54) is 17.3 Å². The lowest BCUT2D eigenvalue weighted by Gasteiger charge is -2.31. The Morgan fingerprint density at radius 2 is 1.95 bits per heavy atom. The SMILES string of the molecule is Oc1c(F)cccc1CN1CCCc2ccccc21. The molecule has 1 aliphatic heterocycles. The Balaban J connectivity index is 1.91. The van der Waals surface area contributed by atoms with E-state index in [-0.39, 0.29) is 5.75 Å². The lowest BCUT2D eigenvalue weighted by Crippen LogP contribution is -2.28. The summed E-state index contributed by atoms with van der Waals surface area (Å²) in [6, 6.07) is 13.0. The quantitative estimate of drug-likeness (QED) is 0.890. The van der Waals surface area contributed by atoms with Gasteiger partial charge in [0.05, 0.1) is 0 Å². The maximum atomic E-state index is 13.4. The lowest BCUT2D eigenvalue weighted by atomic mass is 10.0. The molecule has 0 fully saturated rings. The number of aromatic hydroxyl groups is 1. The first-order chi connectivity index (χ1) is 9.25. The van der Waals surface area contributed by atoms with Gasteiger partial charge in [-0.25, -0.2) is 4.39 Å². The molecule has 3 rings (SSSR count). The van der Waals surface area contributed by atoms with Crippen molar-refractivity contribution in [2.75, 3.05) is 11.4 Å². The summed E-state index contributed by atoms with van der Waals surface area (Å²) < 4.78 is 13.4. The zero-order chi connectivity index (χ0) is 13.2. The number of halogens is 1. The van der Waals surface area contributed by atoms with Gasteiger partial charge in [-0.05, 0) is 30.5 Å². The number of phenolic OH excluding ortho intramolecular Hbond substituents is 1. The molecule has 1 heterocycles. The molecule has 0 aromatic heterocycles. The van der Waals surface area contributed by atoms with Gasteiger partial charge in [-0.15, -0.1) is 0 Å². The molecule has 0 radical (unpaired) electrons. The summed E-state index contributed by atoms with van der Waals surface area (Å²) >= 11 is 0. The third-order valence-corrected chi connectivity index (χ3v) is 3.64. The molecule has 1 N–H and O–H groups in total. The third kappa shape index (κ3) is 2.28. The molecule has 0 spiro atoms. The lowest BCUT2D eigenvalue weighted by molar-refractivity contribution is 0.425. The van der Waals surface area contributed by atoms with Crippen LogP contribution in [0.4, 0.5) is 10.1 Å². The van der Waals surface area contributed by atoms with Crippen LogP contribution in [0.3, 0.4) is 0 Å². The van der Waals surface area contributed by atoms with Crippen LogP contribution in [0.5, 0.6) is 5.75 Å². The molecule has 2 nitrogen and oxygen atoms in total. The maximum absolute atomic E-state index is 13.4. The van der Waals surface area contributed by atoms with Crippen LogP contribution in [-0.2, 0) is 13.0 Å². The fourth-order valence-electron chi connectivity index (χ4n) is 2.67. The Labute approximate surface area is 112 Å². The Morgan fingerprint density at radius 3 is 2.84 bits per heavy atom. The van der Waals surface area contributed by atoms with Gasteiger partial charge in [0.2, 0.25) is 0 Å². The molecule has 2 aromatic rings. The zero-order valence-corrected chi connectivity index (χ0v) is 10.6. The van der Waals surface area contributed by atoms with Gasteiger partial charge in [0, 0.05) is 24.3 Å². The summed E-state index contributed by atoms with van der Waals surface area (Å²) in [5.41, 5.74) is 3.15. The van der Waals surface area contributed by atoms with E-state index in [9.17, 15) is 9.50 Å². The molecular formula is C16H16FNO. The second kappa shape index (κ2) is 4.92. The number of para-hydroxylation sites is 2. The van der Waals surface area contributed by atoms with Gasteiger partial charge in [-0.2, -0.15) is 0 Å². The van der Waals surface area contributed by atoms with Crippen LogP contribution in [0.15, 0.2) is 42.5 Å². The highest BCUT2D eigenvalue weighted by Crippen LogP contribution is 2.30. The van der Waals surface area contributed by atoms with Gasteiger partial charge in [-0.1, -0.05) is 30.3 Å². The van der Waals surface area contributed by atoms with Crippen molar-refractivity contribution < 1.29 is 9.50 Å². The van der Waals surface area contributed by atoms with E-state index in [2.05, 4.69) is 17.0 Å². The summed E-state index contributed by atoms with van der Waals surface area (Å²) in [5.74, 6) is -0.784. The van der Waals surface area contributed by atoms with Gasteiger partial charge in [-0.3, -0.25) is 0 Å². The molecule has 19 heavy (non-hydrogen) atoms. The predicted molar refractivity (Wildman–Crippen MR) is 73.9 cm³/mol. The topological polar surface area (TPSA) is 23.5 Å². The molecule has 3 heteroatoms. The number of anilines is 1. The van der Waals surface area contributed by atoms with Crippen molar-refractivity contribution in [3.63, 3.8) is 0 Å². The minimum Gasteiger partial charge on any atom is -0.505 e. The number of hydrogen-bond acceptors (Lipinski definition) is 2. The average molecular weight is 257 g/mol. The van der Waals surface area contributed by atoms with E-state index in [1.54, 1.807) is 12.1 Å². The molecule has 0 unspecified atom stereocenters. The van der Waals surface area contributed by atoms with Gasteiger partial charge >= 0.3 is 0 Å². The summed E-state index contributed by atoms with van der Waals surface area (Å²) in [5, 5.41) is 9.77. The van der Waals surface area contributed by atoms with Crippen LogP contribution in [0, 0.1) is 5.82 Å². The van der Waals surface area contributed by atoms with Crippen LogP contribution in [0.1, 0.15) is 17.5 Å². The summed E-state index contributed by atoms with van der Waals surface area (Å²) in [4.78, 5) is 2.20. The van der Waals surface area contributed by atoms with Crippen molar-refractivity contribution >= 4 is 5.69 Å². The van der Waals surface area contributed by atoms with Crippen molar-refractivity contribution in [1.29, 1.82) is 0 Å². The third-order valence-electron chi connectivity index (χ3n) is 3.64. The van der Waals surface area contributed by atoms with Gasteiger partial charge in [0.25, 0.3) is 0 Å². The van der Waals surface area contributed by atoms with E-state index in [0.29, 0.717) is 12.1 Å². The highest BCUT2D eigenvalue weighted by molar-refractivity contribution is 5.56. The number of benzene rings is 2. The van der Waals surface area contributed by atoms with Crippen LogP contribution >= 0.6 is 0 Å². The largest absolute Gasteiger partial charge is 0.505 e. The fraction of sp³-hybridized carbons (Fsp3) is 0.250. The summed E-state index contributed by atoms with van der Waals surface area (Å²) in [6.45, 7) is 1.48. The standard InChI is InChI=1S/C16H16FNO/c17-14-8-3-6-13(16(14)19)11-18-10-4-7-12-5-1-2-9-15(12)18/h1-3,5-6,8-9,19H,4,7,10-11H2. The monoisotopic (exact) mass is 257 g/mol. The summed E-state index contributed by atoms with van der Waals surface area (Å²) in [7, 11) is 0. The van der Waals surface area contributed by atoms with Gasteiger partial charge in [0.15, 0.2) is 11.6 Å². The first-order valence-electron chi connectivity index (χ1n) is 6.55. The van der Waals surface area contributed by atoms with E-state index < -0.39 is 5.82 Å². The highest BCUT2D eigenvalue weighted by Gasteiger charge is 2.18. The van der Waals surface area contributed by atoms with Crippen molar-refractivity contribution in [2.24, 2.45) is 0 Å². The minimum absolute atomic E-state index is 0.231. The number of phenols is 1. The molecule has 98 valence electrons. The van der Waals surface area contributed by atoms with Gasteiger partial charge < -0.3 is 10.0 Å². The zero-order valence-electron chi connectivity index (χ0n) is 10.6. The second-order valence-electron chi connectivity index (χ2n) is 4.90. The van der Waals surface area contributed by atoms with E-state index in [4.69, 9.17) is 0 Å². The Hall–Kier alpha value is -2.03. The molecular weight excluding hydrogens is 241 g/mol. The molecule has 0 saturated carbocycles. The number of nitrogens with zero attached hydrogens (tertiary/aromatic N) is 1. The number of rotatable bonds is 2. The second-order valence-corrected chi connectivity index (χ2v) is 4.90. The number of aryl methyl sites for hydroxylation is 1. The maximum Gasteiger partial charge on any atom is 0.165 e. The van der Waals surface area contributed by atoms with Crippen molar-refractivity contribution in [1.82, 2.24) is 0 Å². The van der Waals surface area contributed by atoms with Crippen molar-refractivity contribution in [2.45, 2.75) is 19.4 Å². The normalized spacial score (nSPS) is 14.3. The molecule has 0 saturated heterocycles. The minimum atomic E-state index is -0.553. The van der Waals surface area contributed by atoms with Crippen molar-refractivity contribution in [3.8, 4) is 5.75 Å². The van der Waals surface area contributed by atoms with E-state index >= 15 is 0 Å². The average Bonchev–Trinajstić information content (AvgIpc) is 2.44. The molecule has 0 bridgehead atoms. The predicted octanol–water partition coefficient (Wildman–Crippen LogP) is 3.48. The van der Waals surface area contributed by atoms with Crippen molar-refractivity contribution in [3.05, 3.63) is 59.4 Å². The van der Waals surface area contributed by atoms with Crippen LogP contribution in [0.2, 0.25) is 0 Å². The number of fused-ring (bicyclic) bond motifs is 1. The van der Waals surface area contributed by atoms with E-state index in [0.717, 1.165) is 19.4 Å². The number of hydrogen-bond donors (Lipinski definition) is 1. The smallest absolute Gasteiger partial charge is 0.165 e. The molecule has 2 aromatic carbocycles. The first-order valence-corrected chi connectivity index (χ1v) is 6.55. The molecule has 0 atom stereocenters.